The molecule has 124 valence electrons. The van der Waals surface area contributed by atoms with Crippen LogP contribution >= 0.6 is 0 Å². The average Bonchev–Trinajstić information content (AvgIpc) is 3.28. The summed E-state index contributed by atoms with van der Waals surface area (Å²) in [7, 11) is 0. The molecule has 0 atom stereocenters. The Balaban J connectivity index is 1.68. The molecule has 25 heavy (non-hydrogen) atoms. The predicted octanol–water partition coefficient (Wildman–Crippen LogP) is 3.31. The molecule has 3 heterocycles. The lowest BCUT2D eigenvalue weighted by Crippen LogP contribution is -2.02. The van der Waals surface area contributed by atoms with Crippen molar-refractivity contribution >= 4 is 28.2 Å². The van der Waals surface area contributed by atoms with Crippen molar-refractivity contribution < 1.29 is 9.47 Å². The average molecular weight is 333 g/mol. The number of nitrogens with one attached hydrogen (secondary N) is 1. The van der Waals surface area contributed by atoms with Crippen LogP contribution in [0.25, 0.3) is 16.7 Å². The number of ether oxygens (including phenoxy) is 2. The summed E-state index contributed by atoms with van der Waals surface area (Å²) in [6.45, 7) is 2.32. The van der Waals surface area contributed by atoms with Gasteiger partial charge < -0.3 is 14.8 Å². The summed E-state index contributed by atoms with van der Waals surface area (Å²) >= 11 is 0. The molecule has 1 aliphatic heterocycles. The van der Waals surface area contributed by atoms with Crippen molar-refractivity contribution in [1.82, 2.24) is 19.6 Å². The first-order chi connectivity index (χ1) is 12.3. The number of fused-ring (bicyclic) bond motifs is 4. The number of nitrogens with zero attached hydrogens (tertiary/aromatic N) is 4. The van der Waals surface area contributed by atoms with E-state index in [4.69, 9.17) is 14.5 Å². The Kier molecular flexibility index (Phi) is 3.00. The van der Waals surface area contributed by atoms with Gasteiger partial charge >= 0.3 is 0 Å². The van der Waals surface area contributed by atoms with Crippen LogP contribution in [0.15, 0.2) is 42.5 Å². The Labute approximate surface area is 143 Å². The lowest BCUT2D eigenvalue weighted by atomic mass is 10.2. The summed E-state index contributed by atoms with van der Waals surface area (Å²) in [6.07, 6.45) is 0.790. The molecular formula is C18H15N5O2. The number of hydrogen-bond acceptors (Lipinski definition) is 6. The minimum atomic E-state index is 0.251. The van der Waals surface area contributed by atoms with Gasteiger partial charge in [0.15, 0.2) is 17.3 Å². The Morgan fingerprint density at radius 1 is 1.08 bits per heavy atom. The first kappa shape index (κ1) is 14.0. The highest BCUT2D eigenvalue weighted by Crippen LogP contribution is 2.35. The highest BCUT2D eigenvalue weighted by Gasteiger charge is 2.16. The van der Waals surface area contributed by atoms with E-state index >= 15 is 0 Å². The summed E-state index contributed by atoms with van der Waals surface area (Å²) in [5, 5.41) is 12.0. The maximum Gasteiger partial charge on any atom is 0.231 e. The Bertz CT molecular complexity index is 1110. The van der Waals surface area contributed by atoms with Crippen LogP contribution in [0.1, 0.15) is 12.7 Å². The zero-order valence-corrected chi connectivity index (χ0v) is 13.6. The Morgan fingerprint density at radius 2 is 1.96 bits per heavy atom. The van der Waals surface area contributed by atoms with Gasteiger partial charge in [-0.1, -0.05) is 19.1 Å². The monoisotopic (exact) mass is 333 g/mol. The zero-order valence-electron chi connectivity index (χ0n) is 13.6. The molecule has 2 aromatic heterocycles. The van der Waals surface area contributed by atoms with Gasteiger partial charge in [-0.2, -0.15) is 0 Å². The largest absolute Gasteiger partial charge is 0.454 e. The third-order valence-corrected chi connectivity index (χ3v) is 4.25. The Morgan fingerprint density at radius 3 is 2.88 bits per heavy atom. The molecule has 2 aromatic carbocycles. The van der Waals surface area contributed by atoms with Crippen LogP contribution in [-0.2, 0) is 6.42 Å². The number of benzene rings is 2. The van der Waals surface area contributed by atoms with Gasteiger partial charge in [-0.3, -0.25) is 4.40 Å². The molecule has 0 fully saturated rings. The van der Waals surface area contributed by atoms with Crippen LogP contribution < -0.4 is 14.8 Å². The van der Waals surface area contributed by atoms with E-state index < -0.39 is 0 Å². The molecular weight excluding hydrogens is 318 g/mol. The molecule has 0 saturated carbocycles. The van der Waals surface area contributed by atoms with Gasteiger partial charge in [0, 0.05) is 18.2 Å². The lowest BCUT2D eigenvalue weighted by Gasteiger charge is -2.10. The molecule has 0 radical (unpaired) electrons. The normalized spacial score (nSPS) is 12.8. The molecule has 0 unspecified atom stereocenters. The van der Waals surface area contributed by atoms with E-state index in [0.717, 1.165) is 40.5 Å². The molecule has 0 aliphatic carbocycles. The van der Waals surface area contributed by atoms with Crippen molar-refractivity contribution in [2.75, 3.05) is 12.1 Å². The van der Waals surface area contributed by atoms with Gasteiger partial charge in [-0.25, -0.2) is 4.98 Å². The first-order valence-corrected chi connectivity index (χ1v) is 8.13. The standard InChI is InChI=1S/C18H15N5O2/c1-2-16-21-22-18-17(20-12-5-3-4-6-13(12)23(16)18)19-11-7-8-14-15(9-11)25-10-24-14/h3-9H,2,10H2,1H3,(H,19,20). The van der Waals surface area contributed by atoms with Crippen molar-refractivity contribution in [2.24, 2.45) is 0 Å². The first-order valence-electron chi connectivity index (χ1n) is 8.13. The van der Waals surface area contributed by atoms with Crippen LogP contribution in [0.3, 0.4) is 0 Å². The molecule has 5 rings (SSSR count). The third-order valence-electron chi connectivity index (χ3n) is 4.25. The van der Waals surface area contributed by atoms with Crippen LogP contribution in [0.2, 0.25) is 0 Å². The summed E-state index contributed by atoms with van der Waals surface area (Å²) in [4.78, 5) is 4.73. The van der Waals surface area contributed by atoms with Gasteiger partial charge in [0.1, 0.15) is 5.82 Å². The van der Waals surface area contributed by atoms with E-state index in [2.05, 4.69) is 26.8 Å². The second-order valence-electron chi connectivity index (χ2n) is 5.77. The quantitative estimate of drug-likeness (QED) is 0.620. The SMILES string of the molecule is CCc1nnc2c(Nc3ccc4c(c3)OCO4)nc3ccccc3n12. The summed E-state index contributed by atoms with van der Waals surface area (Å²) in [5.41, 5.74) is 3.44. The van der Waals surface area contributed by atoms with E-state index in [9.17, 15) is 0 Å². The molecule has 0 spiro atoms. The highest BCUT2D eigenvalue weighted by atomic mass is 16.7. The van der Waals surface area contributed by atoms with Gasteiger partial charge in [0.05, 0.1) is 11.0 Å². The topological polar surface area (TPSA) is 73.6 Å². The van der Waals surface area contributed by atoms with Crippen molar-refractivity contribution in [1.29, 1.82) is 0 Å². The highest BCUT2D eigenvalue weighted by molar-refractivity contribution is 5.84. The maximum atomic E-state index is 5.44. The number of hydrogen-bond donors (Lipinski definition) is 1. The van der Waals surface area contributed by atoms with E-state index in [0.29, 0.717) is 11.5 Å². The molecule has 4 aromatic rings. The summed E-state index contributed by atoms with van der Waals surface area (Å²) in [5.74, 6) is 3.03. The zero-order chi connectivity index (χ0) is 16.8. The fourth-order valence-electron chi connectivity index (χ4n) is 3.07. The van der Waals surface area contributed by atoms with E-state index in [1.807, 2.05) is 42.5 Å². The van der Waals surface area contributed by atoms with Crippen LogP contribution in [0.4, 0.5) is 11.5 Å². The fraction of sp³-hybridized carbons (Fsp3) is 0.167. The minimum absolute atomic E-state index is 0.251. The molecule has 1 aliphatic rings. The van der Waals surface area contributed by atoms with E-state index in [1.165, 1.54) is 0 Å². The second kappa shape index (κ2) is 5.34. The van der Waals surface area contributed by atoms with Gasteiger partial charge in [0.2, 0.25) is 12.4 Å². The number of rotatable bonds is 3. The number of aromatic nitrogens is 4. The van der Waals surface area contributed by atoms with Crippen molar-refractivity contribution in [3.8, 4) is 11.5 Å². The Hall–Kier alpha value is -3.35. The molecule has 0 saturated heterocycles. The number of aryl methyl sites for hydroxylation is 1. The third kappa shape index (κ3) is 2.16. The predicted molar refractivity (Wildman–Crippen MR) is 93.5 cm³/mol. The van der Waals surface area contributed by atoms with E-state index in [1.54, 1.807) is 0 Å². The summed E-state index contributed by atoms with van der Waals surface area (Å²) in [6, 6.07) is 13.7. The number of anilines is 2. The van der Waals surface area contributed by atoms with E-state index in [-0.39, 0.29) is 6.79 Å². The van der Waals surface area contributed by atoms with Crippen molar-refractivity contribution in [3.05, 3.63) is 48.3 Å². The molecule has 7 nitrogen and oxygen atoms in total. The van der Waals surface area contributed by atoms with Crippen LogP contribution in [0, 0.1) is 0 Å². The molecule has 0 amide bonds. The minimum Gasteiger partial charge on any atom is -0.454 e. The lowest BCUT2D eigenvalue weighted by molar-refractivity contribution is 0.174. The van der Waals surface area contributed by atoms with Crippen molar-refractivity contribution in [2.45, 2.75) is 13.3 Å². The summed E-state index contributed by atoms with van der Waals surface area (Å²) < 4.78 is 12.9. The second-order valence-corrected chi connectivity index (χ2v) is 5.77. The molecule has 7 heteroatoms. The smallest absolute Gasteiger partial charge is 0.231 e. The molecule has 0 bridgehead atoms. The fourth-order valence-corrected chi connectivity index (χ4v) is 3.07. The van der Waals surface area contributed by atoms with Crippen LogP contribution in [0.5, 0.6) is 11.5 Å². The van der Waals surface area contributed by atoms with Gasteiger partial charge in [-0.05, 0) is 24.3 Å². The maximum absolute atomic E-state index is 5.44. The van der Waals surface area contributed by atoms with Crippen molar-refractivity contribution in [3.63, 3.8) is 0 Å². The molecule has 1 N–H and O–H groups in total. The number of para-hydroxylation sites is 2. The van der Waals surface area contributed by atoms with Gasteiger partial charge in [-0.15, -0.1) is 10.2 Å². The van der Waals surface area contributed by atoms with Crippen LogP contribution in [-0.4, -0.2) is 26.4 Å². The van der Waals surface area contributed by atoms with Gasteiger partial charge in [0.25, 0.3) is 0 Å².